The maximum absolute atomic E-state index is 13.4. The van der Waals surface area contributed by atoms with E-state index in [2.05, 4.69) is 34.1 Å². The second kappa shape index (κ2) is 10.2. The Bertz CT molecular complexity index is 998. The summed E-state index contributed by atoms with van der Waals surface area (Å²) < 4.78 is 40.3. The van der Waals surface area contributed by atoms with Crippen LogP contribution in [0.4, 0.5) is 18.9 Å². The summed E-state index contributed by atoms with van der Waals surface area (Å²) in [5.41, 5.74) is 1.32. The van der Waals surface area contributed by atoms with Crippen LogP contribution in [0.2, 0.25) is 0 Å². The van der Waals surface area contributed by atoms with Crippen molar-refractivity contribution in [2.45, 2.75) is 37.8 Å². The van der Waals surface area contributed by atoms with Crippen LogP contribution < -0.4 is 4.90 Å². The number of piperazine rings is 1. The van der Waals surface area contributed by atoms with Crippen LogP contribution in [0.3, 0.4) is 0 Å². The molecule has 3 fully saturated rings. The van der Waals surface area contributed by atoms with Gasteiger partial charge in [0.2, 0.25) is 5.91 Å². The second-order valence-electron chi connectivity index (χ2n) is 10.3. The van der Waals surface area contributed by atoms with E-state index >= 15 is 0 Å². The third-order valence-electron chi connectivity index (χ3n) is 8.09. The van der Waals surface area contributed by atoms with Crippen LogP contribution >= 0.6 is 0 Å². The molecule has 0 aromatic heterocycles. The van der Waals surface area contributed by atoms with E-state index in [-0.39, 0.29) is 23.7 Å². The second-order valence-corrected chi connectivity index (χ2v) is 10.3. The van der Waals surface area contributed by atoms with Crippen molar-refractivity contribution < 1.29 is 18.0 Å². The Morgan fingerprint density at radius 1 is 0.886 bits per heavy atom. The molecule has 1 aliphatic carbocycles. The first-order chi connectivity index (χ1) is 16.9. The van der Waals surface area contributed by atoms with Crippen LogP contribution in [0.25, 0.3) is 0 Å². The summed E-state index contributed by atoms with van der Waals surface area (Å²) >= 11 is 0. The van der Waals surface area contributed by atoms with Gasteiger partial charge in [0.15, 0.2) is 0 Å². The van der Waals surface area contributed by atoms with E-state index in [1.54, 1.807) is 0 Å². The zero-order valence-electron chi connectivity index (χ0n) is 20.1. The molecule has 2 heterocycles. The van der Waals surface area contributed by atoms with Gasteiger partial charge in [-0.2, -0.15) is 13.2 Å². The largest absolute Gasteiger partial charge is 0.416 e. The van der Waals surface area contributed by atoms with Gasteiger partial charge in [0.05, 0.1) is 5.56 Å². The van der Waals surface area contributed by atoms with E-state index in [4.69, 9.17) is 0 Å². The average Bonchev–Trinajstić information content (AvgIpc) is 3.55. The van der Waals surface area contributed by atoms with Gasteiger partial charge in [-0.3, -0.25) is 9.69 Å². The molecule has 0 bridgehead atoms. The summed E-state index contributed by atoms with van der Waals surface area (Å²) in [7, 11) is 0. The highest BCUT2D eigenvalue weighted by Crippen LogP contribution is 2.38. The Balaban J connectivity index is 1.30. The Morgan fingerprint density at radius 3 is 2.29 bits per heavy atom. The van der Waals surface area contributed by atoms with Gasteiger partial charge < -0.3 is 9.80 Å². The van der Waals surface area contributed by atoms with Crippen molar-refractivity contribution in [1.82, 2.24) is 9.80 Å². The highest BCUT2D eigenvalue weighted by molar-refractivity contribution is 5.79. The fourth-order valence-corrected chi connectivity index (χ4v) is 6.15. The van der Waals surface area contributed by atoms with E-state index in [1.807, 2.05) is 17.0 Å². The highest BCUT2D eigenvalue weighted by Gasteiger charge is 2.40. The summed E-state index contributed by atoms with van der Waals surface area (Å²) in [6.07, 6.45) is -0.296. The molecule has 4 nitrogen and oxygen atoms in total. The van der Waals surface area contributed by atoms with Crippen molar-refractivity contribution in [3.05, 3.63) is 65.7 Å². The van der Waals surface area contributed by atoms with Gasteiger partial charge in [-0.1, -0.05) is 49.2 Å². The fourth-order valence-electron chi connectivity index (χ4n) is 6.15. The molecule has 5 rings (SSSR count). The Morgan fingerprint density at radius 2 is 1.60 bits per heavy atom. The SMILES string of the molecule is O=C(C1CCCC1)N1CC(CN2CCN(c3ccccc3)CC2)C(c2cccc(C(F)(F)F)c2)C1. The normalized spacial score (nSPS) is 24.3. The van der Waals surface area contributed by atoms with Crippen molar-refractivity contribution in [2.75, 3.05) is 50.7 Å². The monoisotopic (exact) mass is 485 g/mol. The van der Waals surface area contributed by atoms with Gasteiger partial charge in [-0.15, -0.1) is 0 Å². The lowest BCUT2D eigenvalue weighted by Gasteiger charge is -2.38. The van der Waals surface area contributed by atoms with Crippen LogP contribution in [0.15, 0.2) is 54.6 Å². The molecule has 2 aromatic carbocycles. The summed E-state index contributed by atoms with van der Waals surface area (Å²) in [5.74, 6) is 0.350. The number of hydrogen-bond donors (Lipinski definition) is 0. The van der Waals surface area contributed by atoms with Crippen LogP contribution in [0.5, 0.6) is 0 Å². The number of nitrogens with zero attached hydrogens (tertiary/aromatic N) is 3. The van der Waals surface area contributed by atoms with Gasteiger partial charge in [0.1, 0.15) is 0 Å². The molecular weight excluding hydrogens is 451 g/mol. The number of alkyl halides is 3. The third kappa shape index (κ3) is 5.50. The lowest BCUT2D eigenvalue weighted by Crippen LogP contribution is -2.48. The molecule has 2 unspecified atom stereocenters. The third-order valence-corrected chi connectivity index (χ3v) is 8.09. The van der Waals surface area contributed by atoms with E-state index < -0.39 is 11.7 Å². The van der Waals surface area contributed by atoms with Gasteiger partial charge in [-0.05, 0) is 42.5 Å². The van der Waals surface area contributed by atoms with Gasteiger partial charge >= 0.3 is 6.18 Å². The Labute approximate surface area is 205 Å². The number of likely N-dealkylation sites (tertiary alicyclic amines) is 1. The standard InChI is InChI=1S/C28H34F3N3O/c29-28(30,31)24-10-6-9-22(17-24)26-20-34(27(35)21-7-4-5-8-21)19-23(26)18-32-13-15-33(16-14-32)25-11-2-1-3-12-25/h1-3,6,9-12,17,21,23,26H,4-5,7-8,13-16,18-20H2. The summed E-state index contributed by atoms with van der Waals surface area (Å²) in [4.78, 5) is 20.0. The number of benzene rings is 2. The number of hydrogen-bond acceptors (Lipinski definition) is 3. The lowest BCUT2D eigenvalue weighted by atomic mass is 9.87. The smallest absolute Gasteiger partial charge is 0.369 e. The molecule has 2 saturated heterocycles. The highest BCUT2D eigenvalue weighted by atomic mass is 19.4. The number of anilines is 1. The maximum atomic E-state index is 13.4. The minimum absolute atomic E-state index is 0.0743. The zero-order valence-corrected chi connectivity index (χ0v) is 20.1. The van der Waals surface area contributed by atoms with Gasteiger partial charge in [-0.25, -0.2) is 0 Å². The fraction of sp³-hybridized carbons (Fsp3) is 0.536. The number of rotatable bonds is 5. The first-order valence-electron chi connectivity index (χ1n) is 12.9. The Kier molecular flexibility index (Phi) is 7.05. The molecule has 7 heteroatoms. The first kappa shape index (κ1) is 24.2. The number of carbonyl (C=O) groups excluding carboxylic acids is 1. The predicted octanol–water partition coefficient (Wildman–Crippen LogP) is 5.26. The number of para-hydroxylation sites is 1. The van der Waals surface area contributed by atoms with Gasteiger partial charge in [0, 0.05) is 63.3 Å². The zero-order chi connectivity index (χ0) is 24.4. The van der Waals surface area contributed by atoms with E-state index in [0.717, 1.165) is 64.5 Å². The first-order valence-corrected chi connectivity index (χ1v) is 12.9. The van der Waals surface area contributed by atoms with E-state index in [9.17, 15) is 18.0 Å². The van der Waals surface area contributed by atoms with Crippen LogP contribution in [0.1, 0.15) is 42.7 Å². The number of amides is 1. The molecule has 1 saturated carbocycles. The molecule has 188 valence electrons. The summed E-state index contributed by atoms with van der Waals surface area (Å²) in [5, 5.41) is 0. The Hall–Kier alpha value is -2.54. The molecule has 2 aliphatic heterocycles. The van der Waals surface area contributed by atoms with Gasteiger partial charge in [0.25, 0.3) is 0 Å². The van der Waals surface area contributed by atoms with E-state index in [0.29, 0.717) is 18.7 Å². The quantitative estimate of drug-likeness (QED) is 0.578. The molecule has 2 aromatic rings. The molecule has 35 heavy (non-hydrogen) atoms. The maximum Gasteiger partial charge on any atom is 0.416 e. The number of carbonyl (C=O) groups is 1. The molecule has 3 aliphatic rings. The van der Waals surface area contributed by atoms with Crippen LogP contribution in [0, 0.1) is 11.8 Å². The topological polar surface area (TPSA) is 26.8 Å². The van der Waals surface area contributed by atoms with Crippen LogP contribution in [-0.4, -0.2) is 61.5 Å². The molecule has 1 amide bonds. The minimum Gasteiger partial charge on any atom is -0.369 e. The molecule has 2 atom stereocenters. The van der Waals surface area contributed by atoms with Crippen molar-refractivity contribution in [3.8, 4) is 0 Å². The predicted molar refractivity (Wildman–Crippen MR) is 131 cm³/mol. The van der Waals surface area contributed by atoms with E-state index in [1.165, 1.54) is 17.8 Å². The summed E-state index contributed by atoms with van der Waals surface area (Å²) in [6, 6.07) is 16.1. The van der Waals surface area contributed by atoms with Crippen molar-refractivity contribution in [1.29, 1.82) is 0 Å². The lowest BCUT2D eigenvalue weighted by molar-refractivity contribution is -0.137. The van der Waals surface area contributed by atoms with Crippen LogP contribution in [-0.2, 0) is 11.0 Å². The molecule has 0 radical (unpaired) electrons. The van der Waals surface area contributed by atoms with Crippen molar-refractivity contribution in [3.63, 3.8) is 0 Å². The minimum atomic E-state index is -4.36. The molecule has 0 spiro atoms. The molecule has 0 N–H and O–H groups in total. The average molecular weight is 486 g/mol. The van der Waals surface area contributed by atoms with Crippen molar-refractivity contribution in [2.24, 2.45) is 11.8 Å². The number of halogens is 3. The summed E-state index contributed by atoms with van der Waals surface area (Å²) in [6.45, 7) is 5.64. The van der Waals surface area contributed by atoms with Crippen molar-refractivity contribution >= 4 is 11.6 Å². The molecular formula is C28H34F3N3O.